The molecule has 208 valence electrons. The predicted octanol–water partition coefficient (Wildman–Crippen LogP) is 10.0. The van der Waals surface area contributed by atoms with E-state index in [4.69, 9.17) is 17.9 Å². The monoisotopic (exact) mass is 555 g/mol. The Balaban J connectivity index is 1.88. The lowest BCUT2D eigenvalue weighted by Crippen LogP contribution is -2.28. The van der Waals surface area contributed by atoms with Crippen molar-refractivity contribution in [3.8, 4) is 11.5 Å². The second-order valence-corrected chi connectivity index (χ2v) is 11.9. The molecule has 0 saturated carbocycles. The maximum absolute atomic E-state index is 7.00. The van der Waals surface area contributed by atoms with E-state index >= 15 is 0 Å². The van der Waals surface area contributed by atoms with Gasteiger partial charge in [-0.25, -0.2) is 0 Å². The Labute approximate surface area is 237 Å². The molecular weight excluding hydrogens is 517 g/mol. The zero-order valence-electron chi connectivity index (χ0n) is 24.6. The lowest BCUT2D eigenvalue weighted by molar-refractivity contribution is 0.399. The number of aryl methyl sites for hydroxylation is 4. The molecule has 0 N–H and O–H groups in total. The van der Waals surface area contributed by atoms with Crippen LogP contribution >= 0.6 is 8.16 Å². The fourth-order valence-corrected chi connectivity index (χ4v) is 7.58. The fourth-order valence-electron chi connectivity index (χ4n) is 5.75. The summed E-state index contributed by atoms with van der Waals surface area (Å²) >= 11 is 0. The van der Waals surface area contributed by atoms with Crippen molar-refractivity contribution in [3.05, 3.63) is 106 Å². The molecule has 6 heteroatoms. The molecule has 0 aliphatic rings. The van der Waals surface area contributed by atoms with E-state index in [1.54, 1.807) is 14.2 Å². The minimum absolute atomic E-state index is 0.108. The Morgan fingerprint density at radius 1 is 0.625 bits per heavy atom. The van der Waals surface area contributed by atoms with Gasteiger partial charge >= 0.3 is 8.16 Å². The molecule has 0 unspecified atom stereocenters. The maximum atomic E-state index is 7.00. The van der Waals surface area contributed by atoms with Crippen LogP contribution in [0.25, 0.3) is 21.9 Å². The van der Waals surface area contributed by atoms with Crippen molar-refractivity contribution in [3.63, 3.8) is 0 Å². The van der Waals surface area contributed by atoms with E-state index in [0.717, 1.165) is 55.7 Å². The molecular formula is C34H38NO4P. The van der Waals surface area contributed by atoms with Gasteiger partial charge in [-0.3, -0.25) is 0 Å². The minimum Gasteiger partial charge on any atom is -0.496 e. The average Bonchev–Trinajstić information content (AvgIpc) is 3.10. The molecule has 0 spiro atoms. The number of fused-ring (bicyclic) bond motifs is 3. The smallest absolute Gasteiger partial charge is 0.310 e. The number of methoxy groups -OCH3 is 2. The van der Waals surface area contributed by atoms with Gasteiger partial charge in [-0.15, -0.1) is 0 Å². The van der Waals surface area contributed by atoms with Crippen molar-refractivity contribution < 1.29 is 17.9 Å². The van der Waals surface area contributed by atoms with Gasteiger partial charge in [0.05, 0.1) is 14.2 Å². The van der Waals surface area contributed by atoms with E-state index in [1.807, 2.05) is 36.4 Å². The van der Waals surface area contributed by atoms with Crippen molar-refractivity contribution in [1.82, 2.24) is 0 Å². The zero-order chi connectivity index (χ0) is 28.6. The second-order valence-electron chi connectivity index (χ2n) is 10.6. The quantitative estimate of drug-likeness (QED) is 0.200. The summed E-state index contributed by atoms with van der Waals surface area (Å²) in [5.74, 6) is 1.66. The Morgan fingerprint density at radius 3 is 1.43 bits per heavy atom. The first-order valence-electron chi connectivity index (χ1n) is 13.7. The second kappa shape index (κ2) is 11.4. The molecule has 0 saturated heterocycles. The molecule has 5 aromatic rings. The molecule has 0 bridgehead atoms. The van der Waals surface area contributed by atoms with E-state index in [0.29, 0.717) is 0 Å². The average molecular weight is 556 g/mol. The molecule has 0 radical (unpaired) electrons. The van der Waals surface area contributed by atoms with Crippen molar-refractivity contribution in [1.29, 1.82) is 0 Å². The van der Waals surface area contributed by atoms with Crippen molar-refractivity contribution in [2.45, 2.75) is 53.6 Å². The molecule has 0 aliphatic carbocycles. The van der Waals surface area contributed by atoms with Crippen LogP contribution in [0.1, 0.15) is 59.3 Å². The third-order valence-electron chi connectivity index (χ3n) is 7.63. The lowest BCUT2D eigenvalue weighted by Gasteiger charge is -2.33. The predicted molar refractivity (Wildman–Crippen MR) is 166 cm³/mol. The van der Waals surface area contributed by atoms with Crippen LogP contribution in [-0.4, -0.2) is 14.2 Å². The van der Waals surface area contributed by atoms with Gasteiger partial charge < -0.3 is 17.9 Å². The van der Waals surface area contributed by atoms with E-state index in [2.05, 4.69) is 82.6 Å². The van der Waals surface area contributed by atoms with Gasteiger partial charge in [-0.05, 0) is 88.1 Å². The standard InChI is InChI=1S/C34H38NO4P/c1-21-17-23(3)33-29(19-21)30-20-22(2)18-24(4)34(30)39-40(38-33)35(25(5)27-13-9-11-15-31(27)36-7)26(6)28-14-10-12-16-32(28)37-8/h9-20,25-26H,1-8H3/t25-,26-/m1/s1. The van der Waals surface area contributed by atoms with Crippen LogP contribution in [0.2, 0.25) is 0 Å². The van der Waals surface area contributed by atoms with Gasteiger partial charge in [-0.1, -0.05) is 48.5 Å². The highest BCUT2D eigenvalue weighted by Gasteiger charge is 2.32. The topological polar surface area (TPSA) is 48.0 Å². The molecule has 1 aromatic heterocycles. The SMILES string of the molecule is COc1ccccc1[C@@H](C)N([C@H](C)c1ccccc1OC)p1oc2c(C)cc(C)cc2c2cc(C)cc(C)c2o1. The molecule has 40 heavy (non-hydrogen) atoms. The number of nitrogens with zero attached hydrogens (tertiary/aromatic N) is 1. The summed E-state index contributed by atoms with van der Waals surface area (Å²) in [6.07, 6.45) is 0. The van der Waals surface area contributed by atoms with Gasteiger partial charge in [0.15, 0.2) is 0 Å². The van der Waals surface area contributed by atoms with Crippen LogP contribution in [0.5, 0.6) is 11.5 Å². The fraction of sp³-hybridized carbons (Fsp3) is 0.294. The van der Waals surface area contributed by atoms with Gasteiger partial charge in [0, 0.05) is 34.0 Å². The van der Waals surface area contributed by atoms with Gasteiger partial charge in [0.25, 0.3) is 0 Å². The summed E-state index contributed by atoms with van der Waals surface area (Å²) < 4.78 is 28.0. The van der Waals surface area contributed by atoms with Crippen LogP contribution in [0.15, 0.2) is 81.2 Å². The minimum atomic E-state index is -1.63. The molecule has 0 fully saturated rings. The number of hydrogen-bond acceptors (Lipinski definition) is 5. The highest BCUT2D eigenvalue weighted by atomic mass is 31.1. The van der Waals surface area contributed by atoms with E-state index in [1.165, 1.54) is 11.1 Å². The summed E-state index contributed by atoms with van der Waals surface area (Å²) in [5.41, 5.74) is 8.42. The van der Waals surface area contributed by atoms with E-state index < -0.39 is 8.16 Å². The first kappa shape index (κ1) is 27.9. The van der Waals surface area contributed by atoms with Crippen LogP contribution in [0.4, 0.5) is 0 Å². The first-order valence-corrected chi connectivity index (χ1v) is 14.8. The van der Waals surface area contributed by atoms with Crippen LogP contribution in [0.3, 0.4) is 0 Å². The van der Waals surface area contributed by atoms with Crippen molar-refractivity contribution >= 4 is 30.1 Å². The molecule has 0 amide bonds. The number of ether oxygens (including phenoxy) is 2. The number of benzene rings is 4. The van der Waals surface area contributed by atoms with Crippen LogP contribution in [0, 0.1) is 27.7 Å². The Morgan fingerprint density at radius 2 is 1.02 bits per heavy atom. The largest absolute Gasteiger partial charge is 0.496 e. The number of para-hydroxylation sites is 2. The third kappa shape index (κ3) is 5.12. The van der Waals surface area contributed by atoms with E-state index in [-0.39, 0.29) is 12.1 Å². The molecule has 5 rings (SSSR count). The Hall–Kier alpha value is -3.66. The Kier molecular flexibility index (Phi) is 7.98. The summed E-state index contributed by atoms with van der Waals surface area (Å²) in [5, 5.41) is 2.14. The van der Waals surface area contributed by atoms with Gasteiger partial charge in [0.1, 0.15) is 22.7 Å². The highest BCUT2D eigenvalue weighted by molar-refractivity contribution is 7.39. The lowest BCUT2D eigenvalue weighted by atomic mass is 10.0. The van der Waals surface area contributed by atoms with E-state index in [9.17, 15) is 0 Å². The highest BCUT2D eigenvalue weighted by Crippen LogP contribution is 2.49. The maximum Gasteiger partial charge on any atom is 0.310 e. The number of rotatable bonds is 7. The summed E-state index contributed by atoms with van der Waals surface area (Å²) in [7, 11) is 1.81. The van der Waals surface area contributed by atoms with Gasteiger partial charge in [-0.2, -0.15) is 4.67 Å². The molecule has 0 aliphatic heterocycles. The molecule has 4 aromatic carbocycles. The molecule has 2 atom stereocenters. The first-order chi connectivity index (χ1) is 19.2. The normalized spacial score (nSPS) is 13.0. The number of hydrogen-bond donors (Lipinski definition) is 0. The van der Waals surface area contributed by atoms with Crippen LogP contribution in [-0.2, 0) is 0 Å². The summed E-state index contributed by atoms with van der Waals surface area (Å²) in [4.78, 5) is 0. The summed E-state index contributed by atoms with van der Waals surface area (Å²) in [6.45, 7) is 12.9. The molecule has 5 nitrogen and oxygen atoms in total. The van der Waals surface area contributed by atoms with Crippen molar-refractivity contribution in [2.24, 2.45) is 0 Å². The van der Waals surface area contributed by atoms with Gasteiger partial charge in [0.2, 0.25) is 0 Å². The third-order valence-corrected chi connectivity index (χ3v) is 9.37. The Bertz CT molecular complexity index is 1600. The molecule has 1 heterocycles. The summed E-state index contributed by atoms with van der Waals surface area (Å²) in [6, 6.07) is 24.9. The van der Waals surface area contributed by atoms with Crippen LogP contribution < -0.4 is 14.1 Å². The van der Waals surface area contributed by atoms with Crippen molar-refractivity contribution in [2.75, 3.05) is 18.9 Å². The zero-order valence-corrected chi connectivity index (χ0v) is 25.5.